The van der Waals surface area contributed by atoms with Crippen LogP contribution in [0.3, 0.4) is 0 Å². The lowest BCUT2D eigenvalue weighted by Crippen LogP contribution is -2.17. The molecule has 0 aliphatic rings. The van der Waals surface area contributed by atoms with Gasteiger partial charge in [0.15, 0.2) is 0 Å². The van der Waals surface area contributed by atoms with Gasteiger partial charge in [-0.2, -0.15) is 0 Å². The van der Waals surface area contributed by atoms with Gasteiger partial charge >= 0.3 is 0 Å². The van der Waals surface area contributed by atoms with Gasteiger partial charge < -0.3 is 0 Å². The van der Waals surface area contributed by atoms with Gasteiger partial charge in [-0.15, -0.1) is 11.8 Å². The van der Waals surface area contributed by atoms with Crippen molar-refractivity contribution in [1.82, 2.24) is 0 Å². The Morgan fingerprint density at radius 1 is 0.765 bits per heavy atom. The van der Waals surface area contributed by atoms with Crippen molar-refractivity contribution in [3.05, 3.63) is 0 Å². The van der Waals surface area contributed by atoms with Gasteiger partial charge in [-0.25, -0.2) is 0 Å². The highest BCUT2D eigenvalue weighted by molar-refractivity contribution is 8.11. The Morgan fingerprint density at radius 2 is 1.41 bits per heavy atom. The van der Waals surface area contributed by atoms with E-state index in [4.69, 9.17) is 12.6 Å². The van der Waals surface area contributed by atoms with E-state index in [0.29, 0.717) is 0 Å². The summed E-state index contributed by atoms with van der Waals surface area (Å²) in [5.74, 6) is 1.27. The van der Waals surface area contributed by atoms with Crippen molar-refractivity contribution >= 4 is 24.4 Å². The molecular weight excluding hydrogens is 244 g/mol. The first kappa shape index (κ1) is 17.7. The van der Waals surface area contributed by atoms with Crippen LogP contribution < -0.4 is 0 Å². The largest absolute Gasteiger partial charge is 0.143 e. The van der Waals surface area contributed by atoms with Crippen LogP contribution >= 0.6 is 24.4 Å². The minimum atomic E-state index is 0.148. The standard InChI is InChI=1S/C15H31S2/c1-4-7-9-10-11-14-17-15(16,12-6-3)13-8-5-2/h4-14H2,1-3H3. The van der Waals surface area contributed by atoms with Crippen molar-refractivity contribution in [3.8, 4) is 0 Å². The molecule has 0 rings (SSSR count). The van der Waals surface area contributed by atoms with E-state index in [1.54, 1.807) is 0 Å². The monoisotopic (exact) mass is 275 g/mol. The van der Waals surface area contributed by atoms with Crippen molar-refractivity contribution < 1.29 is 0 Å². The molecule has 103 valence electrons. The van der Waals surface area contributed by atoms with Crippen LogP contribution in [0.1, 0.15) is 85.0 Å². The molecule has 1 radical (unpaired) electrons. The van der Waals surface area contributed by atoms with Gasteiger partial charge in [0.1, 0.15) is 0 Å². The fourth-order valence-corrected chi connectivity index (χ4v) is 4.02. The van der Waals surface area contributed by atoms with Crippen LogP contribution in [0.25, 0.3) is 0 Å². The van der Waals surface area contributed by atoms with E-state index in [-0.39, 0.29) is 4.08 Å². The van der Waals surface area contributed by atoms with Crippen LogP contribution in [-0.4, -0.2) is 9.83 Å². The third-order valence-corrected chi connectivity index (χ3v) is 5.34. The van der Waals surface area contributed by atoms with Gasteiger partial charge in [0.25, 0.3) is 0 Å². The second-order valence-electron chi connectivity index (χ2n) is 5.03. The van der Waals surface area contributed by atoms with E-state index in [2.05, 4.69) is 32.5 Å². The minimum absolute atomic E-state index is 0.148. The van der Waals surface area contributed by atoms with E-state index in [1.807, 2.05) is 0 Å². The quantitative estimate of drug-likeness (QED) is 0.363. The third-order valence-electron chi connectivity index (χ3n) is 3.16. The molecule has 0 N–H and O–H groups in total. The molecule has 0 spiro atoms. The number of hydrogen-bond acceptors (Lipinski definition) is 1. The fraction of sp³-hybridized carbons (Fsp3) is 1.00. The lowest BCUT2D eigenvalue weighted by Gasteiger charge is -2.26. The summed E-state index contributed by atoms with van der Waals surface area (Å²) < 4.78 is 0.148. The molecule has 0 heterocycles. The van der Waals surface area contributed by atoms with Crippen LogP contribution in [-0.2, 0) is 0 Å². The maximum Gasteiger partial charge on any atom is 0.0714 e. The predicted molar refractivity (Wildman–Crippen MR) is 86.0 cm³/mol. The summed E-state index contributed by atoms with van der Waals surface area (Å²) in [4.78, 5) is 0. The summed E-state index contributed by atoms with van der Waals surface area (Å²) in [6.45, 7) is 6.79. The highest BCUT2D eigenvalue weighted by atomic mass is 32.2. The van der Waals surface area contributed by atoms with Gasteiger partial charge in [0.05, 0.1) is 4.08 Å². The average Bonchev–Trinajstić information content (AvgIpc) is 2.32. The maximum atomic E-state index is 5.83. The van der Waals surface area contributed by atoms with E-state index in [9.17, 15) is 0 Å². The van der Waals surface area contributed by atoms with Crippen LogP contribution in [0.15, 0.2) is 0 Å². The van der Waals surface area contributed by atoms with E-state index >= 15 is 0 Å². The summed E-state index contributed by atoms with van der Waals surface area (Å²) in [7, 11) is 0. The average molecular weight is 276 g/mol. The number of hydrogen-bond donors (Lipinski definition) is 0. The Morgan fingerprint density at radius 3 is 2.00 bits per heavy atom. The first-order chi connectivity index (χ1) is 8.18. The zero-order valence-corrected chi connectivity index (χ0v) is 13.7. The van der Waals surface area contributed by atoms with Crippen molar-refractivity contribution in [2.75, 3.05) is 5.75 Å². The van der Waals surface area contributed by atoms with Gasteiger partial charge in [-0.05, 0) is 25.0 Å². The Balaban J connectivity index is 3.68. The number of thioether (sulfide) groups is 1. The molecule has 0 saturated carbocycles. The van der Waals surface area contributed by atoms with Gasteiger partial charge in [-0.1, -0.05) is 78.3 Å². The van der Waals surface area contributed by atoms with E-state index in [0.717, 1.165) is 0 Å². The Hall–Kier alpha value is 0.700. The summed E-state index contributed by atoms with van der Waals surface area (Å²) in [6.07, 6.45) is 13.1. The van der Waals surface area contributed by atoms with Crippen LogP contribution in [0.4, 0.5) is 0 Å². The van der Waals surface area contributed by atoms with Crippen molar-refractivity contribution in [3.63, 3.8) is 0 Å². The second kappa shape index (κ2) is 11.8. The Labute approximate surface area is 119 Å². The number of unbranched alkanes of at least 4 members (excludes halogenated alkanes) is 5. The minimum Gasteiger partial charge on any atom is -0.143 e. The molecule has 0 saturated heterocycles. The maximum absolute atomic E-state index is 5.83. The third kappa shape index (κ3) is 10.3. The molecule has 0 aliphatic carbocycles. The van der Waals surface area contributed by atoms with E-state index in [1.165, 1.54) is 70.0 Å². The van der Waals surface area contributed by atoms with Gasteiger partial charge in [0.2, 0.25) is 0 Å². The summed E-state index contributed by atoms with van der Waals surface area (Å²) in [5.41, 5.74) is 0. The molecule has 1 unspecified atom stereocenters. The lowest BCUT2D eigenvalue weighted by atomic mass is 10.1. The highest BCUT2D eigenvalue weighted by Gasteiger charge is 2.24. The molecule has 0 nitrogen and oxygen atoms in total. The molecule has 2 heteroatoms. The summed E-state index contributed by atoms with van der Waals surface area (Å²) in [5, 5.41) is 0. The van der Waals surface area contributed by atoms with Crippen LogP contribution in [0, 0.1) is 0 Å². The van der Waals surface area contributed by atoms with Crippen LogP contribution in [0.5, 0.6) is 0 Å². The van der Waals surface area contributed by atoms with Gasteiger partial charge in [0, 0.05) is 0 Å². The highest BCUT2D eigenvalue weighted by Crippen LogP contribution is 2.39. The first-order valence-electron chi connectivity index (χ1n) is 7.53. The Kier molecular flexibility index (Phi) is 12.3. The molecular formula is C15H31S2. The van der Waals surface area contributed by atoms with E-state index < -0.39 is 0 Å². The van der Waals surface area contributed by atoms with Crippen molar-refractivity contribution in [2.45, 2.75) is 89.1 Å². The molecule has 0 amide bonds. The lowest BCUT2D eigenvalue weighted by molar-refractivity contribution is 0.606. The number of rotatable bonds is 12. The summed E-state index contributed by atoms with van der Waals surface area (Å²) >= 11 is 7.89. The summed E-state index contributed by atoms with van der Waals surface area (Å²) in [6, 6.07) is 0. The molecule has 1 atom stereocenters. The molecule has 0 bridgehead atoms. The smallest absolute Gasteiger partial charge is 0.0714 e. The topological polar surface area (TPSA) is 0 Å². The molecule has 17 heavy (non-hydrogen) atoms. The molecule has 0 aromatic carbocycles. The fourth-order valence-electron chi connectivity index (χ4n) is 2.06. The second-order valence-corrected chi connectivity index (χ2v) is 7.55. The zero-order chi connectivity index (χ0) is 13.0. The van der Waals surface area contributed by atoms with Gasteiger partial charge in [-0.3, -0.25) is 0 Å². The normalized spacial score (nSPS) is 14.8. The Bertz CT molecular complexity index is 159. The van der Waals surface area contributed by atoms with Crippen molar-refractivity contribution in [2.24, 2.45) is 0 Å². The predicted octanol–water partition coefficient (Wildman–Crippen LogP) is 6.57. The molecule has 0 aromatic heterocycles. The molecule has 0 aliphatic heterocycles. The first-order valence-corrected chi connectivity index (χ1v) is 8.92. The molecule has 0 aromatic rings. The van der Waals surface area contributed by atoms with Crippen LogP contribution in [0.2, 0.25) is 0 Å². The SMILES string of the molecule is CCCCCCCSC([S])(CCC)CCCC. The van der Waals surface area contributed by atoms with Crippen molar-refractivity contribution in [1.29, 1.82) is 0 Å². The zero-order valence-electron chi connectivity index (χ0n) is 12.1. The molecule has 0 fully saturated rings.